The van der Waals surface area contributed by atoms with Gasteiger partial charge in [0.2, 0.25) is 5.91 Å². The van der Waals surface area contributed by atoms with Crippen molar-refractivity contribution in [1.29, 1.82) is 0 Å². The Balaban J connectivity index is 1.65. The highest BCUT2D eigenvalue weighted by molar-refractivity contribution is 5.84. The topological polar surface area (TPSA) is 80.0 Å². The van der Waals surface area contributed by atoms with E-state index in [9.17, 15) is 4.79 Å². The number of nitrogens with one attached hydrogen (secondary N) is 2. The van der Waals surface area contributed by atoms with Crippen LogP contribution in [0.25, 0.3) is 10.8 Å². The number of carbonyl (C=O) groups is 1. The second-order valence-corrected chi connectivity index (χ2v) is 6.03. The van der Waals surface area contributed by atoms with E-state index in [0.717, 1.165) is 29.3 Å². The normalized spacial score (nSPS) is 21.6. The minimum absolute atomic E-state index is 0.211. The number of hydrogen-bond acceptors (Lipinski definition) is 4. The van der Waals surface area contributed by atoms with Gasteiger partial charge in [-0.2, -0.15) is 0 Å². The summed E-state index contributed by atoms with van der Waals surface area (Å²) in [6.07, 6.45) is 8.62. The third-order valence-corrected chi connectivity index (χ3v) is 4.41. The molecule has 1 fully saturated rings. The lowest BCUT2D eigenvalue weighted by atomic mass is 9.82. The smallest absolute Gasteiger partial charge is 0.217 e. The third-order valence-electron chi connectivity index (χ3n) is 4.41. The summed E-state index contributed by atoms with van der Waals surface area (Å²) in [4.78, 5) is 15.3. The van der Waals surface area contributed by atoms with Crippen LogP contribution in [-0.4, -0.2) is 16.9 Å². The van der Waals surface area contributed by atoms with Crippen molar-refractivity contribution in [2.45, 2.75) is 38.1 Å². The SMILES string of the molecule is NC(=O)C[C@H]1CCCC[C@H]1NNc1ccc2cnccc2c1. The largest absolute Gasteiger partial charge is 0.370 e. The Morgan fingerprint density at radius 1 is 1.23 bits per heavy atom. The molecule has 0 radical (unpaired) electrons. The second kappa shape index (κ2) is 6.75. The van der Waals surface area contributed by atoms with Crippen molar-refractivity contribution in [3.05, 3.63) is 36.7 Å². The number of benzene rings is 1. The summed E-state index contributed by atoms with van der Waals surface area (Å²) in [5, 5.41) is 2.27. The number of primary amides is 1. The zero-order valence-corrected chi connectivity index (χ0v) is 12.6. The maximum Gasteiger partial charge on any atom is 0.217 e. The van der Waals surface area contributed by atoms with Crippen LogP contribution in [0.5, 0.6) is 0 Å². The minimum atomic E-state index is -0.211. The van der Waals surface area contributed by atoms with E-state index in [1.54, 1.807) is 6.20 Å². The molecule has 1 amide bonds. The number of carbonyl (C=O) groups excluding carboxylic acids is 1. The van der Waals surface area contributed by atoms with E-state index in [1.807, 2.05) is 24.4 Å². The first-order valence-electron chi connectivity index (χ1n) is 7.86. The molecule has 5 heteroatoms. The predicted octanol–water partition coefficient (Wildman–Crippen LogP) is 2.59. The summed E-state index contributed by atoms with van der Waals surface area (Å²) >= 11 is 0. The van der Waals surface area contributed by atoms with E-state index in [1.165, 1.54) is 12.8 Å². The van der Waals surface area contributed by atoms with E-state index >= 15 is 0 Å². The number of hydrogen-bond donors (Lipinski definition) is 3. The van der Waals surface area contributed by atoms with Gasteiger partial charge in [0, 0.05) is 35.9 Å². The predicted molar refractivity (Wildman–Crippen MR) is 88.1 cm³/mol. The molecule has 1 heterocycles. The number of nitrogens with zero attached hydrogens (tertiary/aromatic N) is 1. The molecular formula is C17H22N4O. The van der Waals surface area contributed by atoms with Gasteiger partial charge in [0.05, 0.1) is 0 Å². The highest BCUT2D eigenvalue weighted by Crippen LogP contribution is 2.27. The lowest BCUT2D eigenvalue weighted by Gasteiger charge is -2.32. The lowest BCUT2D eigenvalue weighted by Crippen LogP contribution is -2.43. The van der Waals surface area contributed by atoms with Crippen LogP contribution in [0.3, 0.4) is 0 Å². The molecule has 1 aliphatic rings. The summed E-state index contributed by atoms with van der Waals surface area (Å²) in [6.45, 7) is 0. The van der Waals surface area contributed by atoms with Gasteiger partial charge in [0.15, 0.2) is 0 Å². The lowest BCUT2D eigenvalue weighted by molar-refractivity contribution is -0.119. The number of fused-ring (bicyclic) bond motifs is 1. The molecule has 22 heavy (non-hydrogen) atoms. The quantitative estimate of drug-likeness (QED) is 0.741. The van der Waals surface area contributed by atoms with Gasteiger partial charge in [-0.1, -0.05) is 18.9 Å². The molecule has 2 aromatic rings. The van der Waals surface area contributed by atoms with Crippen LogP contribution in [0, 0.1) is 5.92 Å². The minimum Gasteiger partial charge on any atom is -0.370 e. The molecule has 0 spiro atoms. The Morgan fingerprint density at radius 3 is 2.95 bits per heavy atom. The fraction of sp³-hybridized carbons (Fsp3) is 0.412. The fourth-order valence-corrected chi connectivity index (χ4v) is 3.24. The van der Waals surface area contributed by atoms with Crippen molar-refractivity contribution in [2.75, 3.05) is 5.43 Å². The summed E-state index contributed by atoms with van der Waals surface area (Å²) in [5.74, 6) is 0.111. The first-order valence-corrected chi connectivity index (χ1v) is 7.86. The Kier molecular flexibility index (Phi) is 4.53. The second-order valence-electron chi connectivity index (χ2n) is 6.03. The molecule has 0 bridgehead atoms. The highest BCUT2D eigenvalue weighted by Gasteiger charge is 2.26. The number of anilines is 1. The molecule has 0 unspecified atom stereocenters. The maximum absolute atomic E-state index is 11.2. The Hall–Kier alpha value is -2.14. The number of amides is 1. The van der Waals surface area contributed by atoms with Crippen LogP contribution < -0.4 is 16.6 Å². The van der Waals surface area contributed by atoms with Crippen molar-refractivity contribution in [3.63, 3.8) is 0 Å². The molecule has 3 rings (SSSR count). The monoisotopic (exact) mass is 298 g/mol. The zero-order valence-electron chi connectivity index (χ0n) is 12.6. The molecule has 5 nitrogen and oxygen atoms in total. The molecule has 1 saturated carbocycles. The third kappa shape index (κ3) is 3.54. The number of pyridine rings is 1. The standard InChI is InChI=1S/C17H22N4O/c18-17(22)10-13-3-1-2-4-16(13)21-20-15-6-5-14-11-19-8-7-12(14)9-15/h5-9,11,13,16,20-21H,1-4,10H2,(H2,18,22)/t13-,16-/m1/s1. The number of nitrogens with two attached hydrogens (primary N) is 1. The van der Waals surface area contributed by atoms with Crippen LogP contribution in [-0.2, 0) is 4.79 Å². The van der Waals surface area contributed by atoms with E-state index < -0.39 is 0 Å². The first kappa shape index (κ1) is 14.8. The molecule has 1 aromatic carbocycles. The molecule has 1 aliphatic carbocycles. The van der Waals surface area contributed by atoms with E-state index in [-0.39, 0.29) is 11.9 Å². The summed E-state index contributed by atoms with van der Waals surface area (Å²) in [5.41, 5.74) is 13.0. The Bertz CT molecular complexity index is 658. The van der Waals surface area contributed by atoms with Gasteiger partial charge in [0.1, 0.15) is 0 Å². The average Bonchev–Trinajstić information content (AvgIpc) is 2.53. The molecule has 0 aliphatic heterocycles. The van der Waals surface area contributed by atoms with Crippen LogP contribution >= 0.6 is 0 Å². The van der Waals surface area contributed by atoms with Crippen molar-refractivity contribution < 1.29 is 4.79 Å². The summed E-state index contributed by atoms with van der Waals surface area (Å²) < 4.78 is 0. The van der Waals surface area contributed by atoms with Crippen molar-refractivity contribution >= 4 is 22.4 Å². The van der Waals surface area contributed by atoms with Gasteiger partial charge in [-0.3, -0.25) is 9.78 Å². The van der Waals surface area contributed by atoms with Gasteiger partial charge in [0.25, 0.3) is 0 Å². The Labute approximate surface area is 130 Å². The van der Waals surface area contributed by atoms with E-state index in [2.05, 4.69) is 21.9 Å². The van der Waals surface area contributed by atoms with Gasteiger partial charge >= 0.3 is 0 Å². The van der Waals surface area contributed by atoms with Gasteiger partial charge < -0.3 is 11.2 Å². The van der Waals surface area contributed by atoms with E-state index in [0.29, 0.717) is 12.3 Å². The van der Waals surface area contributed by atoms with Crippen LogP contribution in [0.15, 0.2) is 36.7 Å². The van der Waals surface area contributed by atoms with Crippen molar-refractivity contribution in [3.8, 4) is 0 Å². The van der Waals surface area contributed by atoms with Crippen molar-refractivity contribution in [1.82, 2.24) is 10.4 Å². The average molecular weight is 298 g/mol. The fourth-order valence-electron chi connectivity index (χ4n) is 3.24. The zero-order chi connectivity index (χ0) is 15.4. The van der Waals surface area contributed by atoms with Crippen LogP contribution in [0.2, 0.25) is 0 Å². The molecule has 2 atom stereocenters. The van der Waals surface area contributed by atoms with Gasteiger partial charge in [-0.25, -0.2) is 5.43 Å². The van der Waals surface area contributed by atoms with Crippen LogP contribution in [0.4, 0.5) is 5.69 Å². The molecule has 4 N–H and O–H groups in total. The molecule has 0 saturated heterocycles. The number of aromatic nitrogens is 1. The maximum atomic E-state index is 11.2. The number of rotatable bonds is 5. The highest BCUT2D eigenvalue weighted by atomic mass is 16.1. The molecule has 1 aromatic heterocycles. The molecule has 116 valence electrons. The number of hydrazine groups is 1. The van der Waals surface area contributed by atoms with Crippen LogP contribution in [0.1, 0.15) is 32.1 Å². The molecular weight excluding hydrogens is 276 g/mol. The van der Waals surface area contributed by atoms with E-state index in [4.69, 9.17) is 5.73 Å². The van der Waals surface area contributed by atoms with Gasteiger partial charge in [-0.15, -0.1) is 0 Å². The summed E-state index contributed by atoms with van der Waals surface area (Å²) in [6, 6.07) is 8.46. The van der Waals surface area contributed by atoms with Crippen molar-refractivity contribution in [2.24, 2.45) is 11.7 Å². The Morgan fingerprint density at radius 2 is 2.09 bits per heavy atom. The first-order chi connectivity index (χ1) is 10.7. The summed E-state index contributed by atoms with van der Waals surface area (Å²) in [7, 11) is 0. The van der Waals surface area contributed by atoms with Gasteiger partial charge in [-0.05, 0) is 42.3 Å².